The van der Waals surface area contributed by atoms with Gasteiger partial charge >= 0.3 is 0 Å². The lowest BCUT2D eigenvalue weighted by Crippen LogP contribution is -2.36. The third-order valence-electron chi connectivity index (χ3n) is 5.86. The van der Waals surface area contributed by atoms with E-state index in [0.29, 0.717) is 24.3 Å². The van der Waals surface area contributed by atoms with Crippen LogP contribution in [-0.4, -0.2) is 21.4 Å². The first-order valence-corrected chi connectivity index (χ1v) is 9.75. The highest BCUT2D eigenvalue weighted by Crippen LogP contribution is 2.38. The van der Waals surface area contributed by atoms with Crippen LogP contribution in [0.5, 0.6) is 11.5 Å². The summed E-state index contributed by atoms with van der Waals surface area (Å²) in [5, 5.41) is 31.2. The molecule has 0 aliphatic heterocycles. The Morgan fingerprint density at radius 2 is 1.29 bits per heavy atom. The number of aromatic hydroxyl groups is 2. The minimum atomic E-state index is -0.596. The van der Waals surface area contributed by atoms with E-state index in [1.165, 1.54) is 0 Å². The number of hydrogen-bond acceptors (Lipinski definition) is 3. The maximum Gasteiger partial charge on any atom is 0.121 e. The van der Waals surface area contributed by atoms with Crippen LogP contribution in [0.15, 0.2) is 48.1 Å². The molecule has 0 amide bonds. The van der Waals surface area contributed by atoms with Crippen molar-refractivity contribution in [1.29, 1.82) is 0 Å². The molecule has 1 aliphatic carbocycles. The maximum absolute atomic E-state index is 11.2. The zero-order valence-corrected chi connectivity index (χ0v) is 17.4. The number of aliphatic hydroxyl groups excluding tert-OH is 1. The number of hydrogen-bond donors (Lipinski definition) is 3. The number of phenolic OH excluding ortho intramolecular Hbond substituents is 2. The molecule has 0 radical (unpaired) electrons. The number of allylic oxidation sites excluding steroid dienone is 2. The molecule has 3 nitrogen and oxygen atoms in total. The van der Waals surface area contributed by atoms with Crippen molar-refractivity contribution in [2.75, 3.05) is 0 Å². The number of benzene rings is 2. The molecule has 0 spiro atoms. The van der Waals surface area contributed by atoms with Crippen molar-refractivity contribution in [3.8, 4) is 11.5 Å². The van der Waals surface area contributed by atoms with Crippen LogP contribution >= 0.6 is 0 Å². The Morgan fingerprint density at radius 1 is 0.821 bits per heavy atom. The molecule has 0 bridgehead atoms. The van der Waals surface area contributed by atoms with Crippen molar-refractivity contribution in [3.05, 3.63) is 81.4 Å². The second kappa shape index (κ2) is 7.48. The Bertz CT molecular complexity index is 922. The van der Waals surface area contributed by atoms with Crippen molar-refractivity contribution >= 4 is 0 Å². The molecular formula is C25H30O3. The van der Waals surface area contributed by atoms with Gasteiger partial charge in [-0.05, 0) is 79.5 Å². The average Bonchev–Trinajstić information content (AvgIpc) is 2.61. The molecule has 148 valence electrons. The molecule has 0 fully saturated rings. The van der Waals surface area contributed by atoms with E-state index < -0.39 is 11.5 Å². The summed E-state index contributed by atoms with van der Waals surface area (Å²) >= 11 is 0. The number of rotatable bonds is 4. The van der Waals surface area contributed by atoms with E-state index in [2.05, 4.69) is 13.0 Å². The summed E-state index contributed by atoms with van der Waals surface area (Å²) in [5.74, 6) is 0.678. The van der Waals surface area contributed by atoms with E-state index in [9.17, 15) is 15.3 Å². The van der Waals surface area contributed by atoms with Crippen molar-refractivity contribution in [2.24, 2.45) is 5.41 Å². The highest BCUT2D eigenvalue weighted by Gasteiger charge is 2.35. The van der Waals surface area contributed by atoms with Crippen LogP contribution in [0.25, 0.3) is 0 Å². The van der Waals surface area contributed by atoms with Crippen LogP contribution < -0.4 is 0 Å². The lowest BCUT2D eigenvalue weighted by atomic mass is 9.72. The minimum absolute atomic E-state index is 0.338. The standard InChI is InChI=1S/C25H30O3/c1-15-9-19(10-16(2)22(15)26)13-21-7-6-8-25(5,24(21)28)14-20-11-17(3)23(27)18(4)12-20/h6-12,24,26-28H,13-14H2,1-5H3. The Kier molecular flexibility index (Phi) is 5.40. The summed E-state index contributed by atoms with van der Waals surface area (Å²) in [4.78, 5) is 0. The smallest absolute Gasteiger partial charge is 0.121 e. The largest absolute Gasteiger partial charge is 0.507 e. The number of phenols is 2. The van der Waals surface area contributed by atoms with E-state index in [0.717, 1.165) is 39.0 Å². The topological polar surface area (TPSA) is 60.7 Å². The van der Waals surface area contributed by atoms with E-state index in [4.69, 9.17) is 0 Å². The molecule has 0 heterocycles. The predicted molar refractivity (Wildman–Crippen MR) is 114 cm³/mol. The van der Waals surface area contributed by atoms with Gasteiger partial charge in [-0.1, -0.05) is 49.4 Å². The number of aryl methyl sites for hydroxylation is 4. The van der Waals surface area contributed by atoms with Gasteiger partial charge in [-0.15, -0.1) is 0 Å². The minimum Gasteiger partial charge on any atom is -0.507 e. The summed E-state index contributed by atoms with van der Waals surface area (Å²) < 4.78 is 0. The zero-order valence-electron chi connectivity index (χ0n) is 17.4. The Balaban J connectivity index is 1.84. The fourth-order valence-electron chi connectivity index (χ4n) is 4.28. The van der Waals surface area contributed by atoms with Crippen molar-refractivity contribution in [3.63, 3.8) is 0 Å². The van der Waals surface area contributed by atoms with Gasteiger partial charge in [0.15, 0.2) is 0 Å². The molecule has 3 N–H and O–H groups in total. The van der Waals surface area contributed by atoms with Crippen LogP contribution in [0, 0.1) is 33.1 Å². The van der Waals surface area contributed by atoms with Gasteiger partial charge in [-0.25, -0.2) is 0 Å². The van der Waals surface area contributed by atoms with Gasteiger partial charge in [0.1, 0.15) is 11.5 Å². The first-order valence-electron chi connectivity index (χ1n) is 9.75. The van der Waals surface area contributed by atoms with E-state index in [-0.39, 0.29) is 0 Å². The molecule has 0 saturated heterocycles. The maximum atomic E-state index is 11.2. The second-order valence-electron chi connectivity index (χ2n) is 8.52. The Hall–Kier alpha value is -2.52. The van der Waals surface area contributed by atoms with Gasteiger partial charge in [0, 0.05) is 5.41 Å². The average molecular weight is 379 g/mol. The third-order valence-corrected chi connectivity index (χ3v) is 5.86. The molecule has 0 aromatic heterocycles. The molecule has 3 heteroatoms. The van der Waals surface area contributed by atoms with Crippen molar-refractivity contribution in [2.45, 2.75) is 53.6 Å². The summed E-state index contributed by atoms with van der Waals surface area (Å²) in [6, 6.07) is 7.97. The van der Waals surface area contributed by atoms with E-state index in [1.54, 1.807) is 0 Å². The fraction of sp³-hybridized carbons (Fsp3) is 0.360. The summed E-state index contributed by atoms with van der Waals surface area (Å²) in [5.41, 5.74) is 6.19. The third kappa shape index (κ3) is 3.85. The van der Waals surface area contributed by atoms with Gasteiger partial charge in [-0.3, -0.25) is 0 Å². The summed E-state index contributed by atoms with van der Waals surface area (Å²) in [7, 11) is 0. The monoisotopic (exact) mass is 378 g/mol. The van der Waals surface area contributed by atoms with Gasteiger partial charge in [0.2, 0.25) is 0 Å². The molecule has 1 aliphatic rings. The normalized spacial score (nSPS) is 21.6. The van der Waals surface area contributed by atoms with Gasteiger partial charge in [-0.2, -0.15) is 0 Å². The zero-order chi connectivity index (χ0) is 20.6. The van der Waals surface area contributed by atoms with Gasteiger partial charge in [0.05, 0.1) is 6.10 Å². The summed E-state index contributed by atoms with van der Waals surface area (Å²) in [6.45, 7) is 9.68. The molecular weight excluding hydrogens is 348 g/mol. The lowest BCUT2D eigenvalue weighted by molar-refractivity contribution is 0.0978. The quantitative estimate of drug-likeness (QED) is 0.703. The van der Waals surface area contributed by atoms with E-state index >= 15 is 0 Å². The van der Waals surface area contributed by atoms with Crippen LogP contribution in [0.1, 0.15) is 40.3 Å². The van der Waals surface area contributed by atoms with Gasteiger partial charge < -0.3 is 15.3 Å². The molecule has 2 atom stereocenters. The highest BCUT2D eigenvalue weighted by atomic mass is 16.3. The molecule has 2 aromatic rings. The first-order chi connectivity index (χ1) is 13.1. The lowest BCUT2D eigenvalue weighted by Gasteiger charge is -2.36. The van der Waals surface area contributed by atoms with Crippen LogP contribution in [-0.2, 0) is 12.8 Å². The molecule has 0 saturated carbocycles. The fourth-order valence-corrected chi connectivity index (χ4v) is 4.28. The SMILES string of the molecule is Cc1cc(CC2=CC=CC(C)(Cc3cc(C)c(O)c(C)c3)C2O)cc(C)c1O. The summed E-state index contributed by atoms with van der Waals surface area (Å²) in [6.07, 6.45) is 6.85. The van der Waals surface area contributed by atoms with Crippen LogP contribution in [0.2, 0.25) is 0 Å². The van der Waals surface area contributed by atoms with Crippen molar-refractivity contribution < 1.29 is 15.3 Å². The Morgan fingerprint density at radius 3 is 1.79 bits per heavy atom. The highest BCUT2D eigenvalue weighted by molar-refractivity contribution is 5.45. The first kappa shape index (κ1) is 20.2. The van der Waals surface area contributed by atoms with Crippen LogP contribution in [0.3, 0.4) is 0 Å². The van der Waals surface area contributed by atoms with Crippen LogP contribution in [0.4, 0.5) is 0 Å². The Labute approximate surface area is 167 Å². The molecule has 3 rings (SSSR count). The number of aliphatic hydroxyl groups is 1. The molecule has 2 unspecified atom stereocenters. The molecule has 28 heavy (non-hydrogen) atoms. The predicted octanol–water partition coefficient (Wildman–Crippen LogP) is 4.98. The van der Waals surface area contributed by atoms with E-state index in [1.807, 2.05) is 64.1 Å². The van der Waals surface area contributed by atoms with Gasteiger partial charge in [0.25, 0.3) is 0 Å². The molecule has 2 aromatic carbocycles. The van der Waals surface area contributed by atoms with Crippen molar-refractivity contribution in [1.82, 2.24) is 0 Å². The second-order valence-corrected chi connectivity index (χ2v) is 8.52.